The summed E-state index contributed by atoms with van der Waals surface area (Å²) < 4.78 is 58.4. The Bertz CT molecular complexity index is 1390. The van der Waals surface area contributed by atoms with Crippen molar-refractivity contribution in [1.82, 2.24) is 24.9 Å². The van der Waals surface area contributed by atoms with Gasteiger partial charge in [-0.1, -0.05) is 11.2 Å². The average Bonchev–Trinajstić information content (AvgIpc) is 3.39. The number of amides is 2. The number of fused-ring (bicyclic) bond motifs is 1. The van der Waals surface area contributed by atoms with E-state index in [4.69, 9.17) is 5.73 Å². The zero-order valence-electron chi connectivity index (χ0n) is 17.2. The molecule has 0 spiro atoms. The lowest BCUT2D eigenvalue weighted by Crippen LogP contribution is -2.19. The number of nitrogens with two attached hydrogens (primary N) is 1. The van der Waals surface area contributed by atoms with E-state index in [-0.39, 0.29) is 23.4 Å². The van der Waals surface area contributed by atoms with Crippen molar-refractivity contribution < 1.29 is 26.9 Å². The highest BCUT2D eigenvalue weighted by molar-refractivity contribution is 6.00. The number of anilines is 3. The van der Waals surface area contributed by atoms with Gasteiger partial charge in [0.05, 0.1) is 29.2 Å². The Morgan fingerprint density at radius 1 is 1.21 bits per heavy atom. The summed E-state index contributed by atoms with van der Waals surface area (Å²) in [4.78, 5) is 20.4. The number of nitrogen functional groups attached to an aromatic ring is 1. The molecule has 34 heavy (non-hydrogen) atoms. The molecule has 4 N–H and O–H groups in total. The lowest BCUT2D eigenvalue weighted by Gasteiger charge is -2.08. The Hall–Kier alpha value is -4.23. The molecule has 2 amide bonds. The predicted octanol–water partition coefficient (Wildman–Crippen LogP) is 4.29. The molecule has 1 aliphatic carbocycles. The van der Waals surface area contributed by atoms with Crippen molar-refractivity contribution in [1.29, 1.82) is 0 Å². The van der Waals surface area contributed by atoms with Crippen LogP contribution in [0.2, 0.25) is 0 Å². The van der Waals surface area contributed by atoms with Crippen LogP contribution >= 0.6 is 0 Å². The molecule has 0 bridgehead atoms. The maximum absolute atomic E-state index is 14.8. The molecule has 0 unspecified atom stereocenters. The third-order valence-electron chi connectivity index (χ3n) is 5.08. The summed E-state index contributed by atoms with van der Waals surface area (Å²) in [7, 11) is 0. The minimum Gasteiger partial charge on any atom is -0.383 e. The Morgan fingerprint density at radius 3 is 2.71 bits per heavy atom. The van der Waals surface area contributed by atoms with E-state index >= 15 is 0 Å². The van der Waals surface area contributed by atoms with Crippen molar-refractivity contribution in [2.45, 2.75) is 31.5 Å². The molecule has 1 aromatic carbocycles. The second-order valence-corrected chi connectivity index (χ2v) is 7.73. The quantitative estimate of drug-likeness (QED) is 0.366. The molecule has 4 aromatic rings. The van der Waals surface area contributed by atoms with Gasteiger partial charge in [-0.05, 0) is 25.0 Å². The Balaban J connectivity index is 1.34. The van der Waals surface area contributed by atoms with Crippen LogP contribution in [0.25, 0.3) is 22.3 Å². The maximum Gasteiger partial charge on any atom is 0.394 e. The van der Waals surface area contributed by atoms with Gasteiger partial charge in [-0.2, -0.15) is 18.3 Å². The predicted molar refractivity (Wildman–Crippen MR) is 112 cm³/mol. The number of nitrogens with zero attached hydrogens (tertiary/aromatic N) is 5. The number of aromatic nitrogens is 5. The molecule has 176 valence electrons. The molecule has 1 aliphatic rings. The van der Waals surface area contributed by atoms with Crippen LogP contribution in [0.5, 0.6) is 0 Å². The molecule has 3 heterocycles. The van der Waals surface area contributed by atoms with Crippen LogP contribution < -0.4 is 16.4 Å². The smallest absolute Gasteiger partial charge is 0.383 e. The van der Waals surface area contributed by atoms with Gasteiger partial charge in [0.2, 0.25) is 5.88 Å². The molecule has 0 radical (unpaired) electrons. The first-order valence-corrected chi connectivity index (χ1v) is 10.1. The first-order chi connectivity index (χ1) is 16.2. The number of halogens is 4. The van der Waals surface area contributed by atoms with Crippen LogP contribution in [-0.4, -0.2) is 37.1 Å². The van der Waals surface area contributed by atoms with E-state index in [1.54, 1.807) is 10.7 Å². The van der Waals surface area contributed by atoms with Gasteiger partial charge in [-0.15, -0.1) is 0 Å². The number of alkyl halides is 3. The van der Waals surface area contributed by atoms with Crippen LogP contribution in [0, 0.1) is 5.82 Å². The average molecular weight is 476 g/mol. The minimum absolute atomic E-state index is 0.175. The van der Waals surface area contributed by atoms with E-state index in [0.29, 0.717) is 22.3 Å². The van der Waals surface area contributed by atoms with Gasteiger partial charge < -0.3 is 15.6 Å². The third-order valence-corrected chi connectivity index (χ3v) is 5.08. The van der Waals surface area contributed by atoms with E-state index in [0.717, 1.165) is 18.9 Å². The number of carbonyl (C=O) groups is 1. The fraction of sp³-hybridized carbons (Fsp3) is 0.250. The van der Waals surface area contributed by atoms with Gasteiger partial charge in [0.1, 0.15) is 23.7 Å². The minimum atomic E-state index is -4.47. The van der Waals surface area contributed by atoms with Crippen molar-refractivity contribution in [3.63, 3.8) is 0 Å². The molecule has 5 rings (SSSR count). The lowest BCUT2D eigenvalue weighted by atomic mass is 10.1. The highest BCUT2D eigenvalue weighted by Gasteiger charge is 2.30. The molecular formula is C20H16F4N8O2. The van der Waals surface area contributed by atoms with Crippen molar-refractivity contribution in [3.8, 4) is 11.3 Å². The Kier molecular flexibility index (Phi) is 5.06. The van der Waals surface area contributed by atoms with Gasteiger partial charge in [-0.25, -0.2) is 23.8 Å². The number of urea groups is 1. The summed E-state index contributed by atoms with van der Waals surface area (Å²) in [6.07, 6.45) is -2.53. The first kappa shape index (κ1) is 21.6. The van der Waals surface area contributed by atoms with E-state index in [1.807, 2.05) is 0 Å². The highest BCUT2D eigenvalue weighted by atomic mass is 19.4. The normalized spacial score (nSPS) is 13.9. The fourth-order valence-electron chi connectivity index (χ4n) is 3.46. The van der Waals surface area contributed by atoms with Gasteiger partial charge >= 0.3 is 12.2 Å². The van der Waals surface area contributed by atoms with E-state index in [9.17, 15) is 22.4 Å². The monoisotopic (exact) mass is 476 g/mol. The lowest BCUT2D eigenvalue weighted by molar-refractivity contribution is -0.128. The standard InChI is InChI=1S/C20H16F4N8O2/c21-12-5-9(16-15-17(25)26-8-27-18(15)32(30-16)11-2-3-11)1-4-13(12)28-19(33)29-14-6-10(31-34-14)7-20(22,23)24/h1,4-6,8,11H,2-3,7H2,(H2,25,26,27)(H2,28,29,33). The van der Waals surface area contributed by atoms with E-state index in [2.05, 4.69) is 35.4 Å². The van der Waals surface area contributed by atoms with Crippen molar-refractivity contribution >= 4 is 34.5 Å². The van der Waals surface area contributed by atoms with Gasteiger partial charge in [-0.3, -0.25) is 5.32 Å². The number of carbonyl (C=O) groups excluding carboxylic acids is 1. The Labute approximate surface area is 188 Å². The van der Waals surface area contributed by atoms with Crippen molar-refractivity contribution in [2.24, 2.45) is 0 Å². The van der Waals surface area contributed by atoms with Crippen molar-refractivity contribution in [3.05, 3.63) is 42.1 Å². The van der Waals surface area contributed by atoms with Gasteiger partial charge in [0.15, 0.2) is 5.65 Å². The zero-order chi connectivity index (χ0) is 24.0. The maximum atomic E-state index is 14.8. The largest absolute Gasteiger partial charge is 0.394 e. The molecule has 0 saturated heterocycles. The zero-order valence-corrected chi connectivity index (χ0v) is 17.2. The number of hydrogen-bond acceptors (Lipinski definition) is 7. The van der Waals surface area contributed by atoms with Gasteiger partial charge in [0.25, 0.3) is 0 Å². The summed E-state index contributed by atoms with van der Waals surface area (Å²) in [6.45, 7) is 0. The van der Waals surface area contributed by atoms with Crippen LogP contribution in [0.4, 0.5) is 39.7 Å². The fourth-order valence-corrected chi connectivity index (χ4v) is 3.46. The molecule has 0 atom stereocenters. The number of benzene rings is 1. The topological polar surface area (TPSA) is 137 Å². The Morgan fingerprint density at radius 2 is 2.00 bits per heavy atom. The van der Waals surface area contributed by atoms with Gasteiger partial charge in [0, 0.05) is 11.6 Å². The summed E-state index contributed by atoms with van der Waals surface area (Å²) in [5.74, 6) is -0.875. The van der Waals surface area contributed by atoms with Crippen LogP contribution in [0.15, 0.2) is 35.1 Å². The molecule has 1 fully saturated rings. The first-order valence-electron chi connectivity index (χ1n) is 10.1. The summed E-state index contributed by atoms with van der Waals surface area (Å²) in [5, 5.41) is 12.7. The number of hydrogen-bond donors (Lipinski definition) is 3. The van der Waals surface area contributed by atoms with Crippen molar-refractivity contribution in [2.75, 3.05) is 16.4 Å². The third kappa shape index (κ3) is 4.33. The second-order valence-electron chi connectivity index (χ2n) is 7.73. The number of nitrogens with one attached hydrogen (secondary N) is 2. The van der Waals surface area contributed by atoms with Crippen LogP contribution in [-0.2, 0) is 6.42 Å². The molecule has 3 aromatic heterocycles. The van der Waals surface area contributed by atoms with Crippen LogP contribution in [0.3, 0.4) is 0 Å². The highest BCUT2D eigenvalue weighted by Crippen LogP contribution is 2.40. The molecular weight excluding hydrogens is 460 g/mol. The summed E-state index contributed by atoms with van der Waals surface area (Å²) >= 11 is 0. The number of rotatable bonds is 5. The molecule has 14 heteroatoms. The second kappa shape index (κ2) is 7.97. The van der Waals surface area contributed by atoms with E-state index in [1.165, 1.54) is 18.5 Å². The summed E-state index contributed by atoms with van der Waals surface area (Å²) in [5.41, 5.74) is 6.83. The van der Waals surface area contributed by atoms with E-state index < -0.39 is 30.1 Å². The summed E-state index contributed by atoms with van der Waals surface area (Å²) in [6, 6.07) is 4.24. The molecule has 0 aliphatic heterocycles. The molecule has 10 nitrogen and oxygen atoms in total. The van der Waals surface area contributed by atoms with Crippen LogP contribution in [0.1, 0.15) is 24.6 Å². The SMILES string of the molecule is Nc1ncnc2c1c(-c1ccc(NC(=O)Nc3cc(CC(F)(F)F)no3)c(F)c1)nn2C1CC1. The molecule has 1 saturated carbocycles.